The summed E-state index contributed by atoms with van der Waals surface area (Å²) in [5, 5.41) is 20.3. The van der Waals surface area contributed by atoms with Gasteiger partial charge in [0.1, 0.15) is 5.40 Å². The molecule has 0 aromatic carbocycles. The van der Waals surface area contributed by atoms with Gasteiger partial charge < -0.3 is 0 Å². The van der Waals surface area contributed by atoms with Crippen molar-refractivity contribution in [2.75, 3.05) is 5.75 Å². The van der Waals surface area contributed by atoms with Gasteiger partial charge in [0.2, 0.25) is 0 Å². The van der Waals surface area contributed by atoms with Crippen molar-refractivity contribution in [2.24, 2.45) is 5.41 Å². The fraction of sp³-hybridized carbons (Fsp3) is 0.882. The maximum Gasteiger partial charge on any atom is 0.133 e. The predicted molar refractivity (Wildman–Crippen MR) is 88.3 cm³/mol. The number of hydrogen-bond acceptors (Lipinski definition) is 3. The third-order valence-electron chi connectivity index (χ3n) is 3.89. The maximum absolute atomic E-state index is 9.46. The summed E-state index contributed by atoms with van der Waals surface area (Å²) in [6.07, 6.45) is 13.3. The Morgan fingerprint density at radius 3 is 1.90 bits per heavy atom. The molecular weight excluding hydrogens is 264 g/mol. The minimum atomic E-state index is -0.267. The summed E-state index contributed by atoms with van der Waals surface area (Å²) in [4.78, 5) is 0. The lowest BCUT2D eigenvalue weighted by Gasteiger charge is -2.24. The van der Waals surface area contributed by atoms with Crippen molar-refractivity contribution in [3.63, 3.8) is 0 Å². The van der Waals surface area contributed by atoms with Gasteiger partial charge in [0, 0.05) is 5.75 Å². The number of thiocyanates is 1. The Hall–Kier alpha value is -0.670. The van der Waals surface area contributed by atoms with Crippen LogP contribution in [0.1, 0.15) is 84.5 Å². The molecule has 3 heteroatoms. The molecule has 0 N–H and O–H groups in total. The Balaban J connectivity index is 3.85. The molecule has 0 saturated carbocycles. The number of thioether (sulfide) groups is 1. The fourth-order valence-electron chi connectivity index (χ4n) is 2.66. The molecule has 0 aromatic heterocycles. The van der Waals surface area contributed by atoms with Gasteiger partial charge in [-0.3, -0.25) is 0 Å². The number of hydrogen-bond donors (Lipinski definition) is 0. The van der Waals surface area contributed by atoms with Crippen molar-refractivity contribution in [1.82, 2.24) is 0 Å². The first kappa shape index (κ1) is 19.3. The third-order valence-corrected chi connectivity index (χ3v) is 4.71. The minimum Gasteiger partial charge on any atom is -0.198 e. The molecule has 0 amide bonds. The topological polar surface area (TPSA) is 47.6 Å². The van der Waals surface area contributed by atoms with E-state index in [9.17, 15) is 5.26 Å². The minimum absolute atomic E-state index is 0.267. The highest BCUT2D eigenvalue weighted by atomic mass is 32.2. The monoisotopic (exact) mass is 294 g/mol. The molecule has 0 rings (SSSR count). The predicted octanol–water partition coefficient (Wildman–Crippen LogP) is 6.04. The van der Waals surface area contributed by atoms with Crippen molar-refractivity contribution < 1.29 is 0 Å². The Morgan fingerprint density at radius 2 is 1.40 bits per heavy atom. The smallest absolute Gasteiger partial charge is 0.133 e. The Morgan fingerprint density at radius 1 is 0.800 bits per heavy atom. The SMILES string of the molecule is CCCCCCCCCCC(C#N)(CCC)CSC#N. The average Bonchev–Trinajstić information content (AvgIpc) is 2.47. The Kier molecular flexibility index (Phi) is 12.9. The van der Waals surface area contributed by atoms with Crippen LogP contribution in [0.2, 0.25) is 0 Å². The Bertz CT molecular complexity index is 303. The molecule has 0 radical (unpaired) electrons. The summed E-state index contributed by atoms with van der Waals surface area (Å²) in [5.41, 5.74) is -0.267. The molecular formula is C17H30N2S. The number of nitriles is 2. The summed E-state index contributed by atoms with van der Waals surface area (Å²) in [6.45, 7) is 4.37. The fourth-order valence-corrected chi connectivity index (χ4v) is 3.35. The first-order valence-electron chi connectivity index (χ1n) is 8.16. The highest BCUT2D eigenvalue weighted by Gasteiger charge is 2.28. The van der Waals surface area contributed by atoms with E-state index in [2.05, 4.69) is 25.3 Å². The second kappa shape index (κ2) is 13.3. The van der Waals surface area contributed by atoms with Crippen LogP contribution in [0.15, 0.2) is 0 Å². The zero-order valence-corrected chi connectivity index (χ0v) is 14.1. The summed E-state index contributed by atoms with van der Waals surface area (Å²) >= 11 is 1.24. The lowest BCUT2D eigenvalue weighted by molar-refractivity contribution is 0.358. The quantitative estimate of drug-likeness (QED) is 0.307. The van der Waals surface area contributed by atoms with E-state index in [1.165, 1.54) is 56.7 Å². The zero-order valence-electron chi connectivity index (χ0n) is 13.3. The van der Waals surface area contributed by atoms with E-state index < -0.39 is 0 Å². The van der Waals surface area contributed by atoms with Gasteiger partial charge in [-0.2, -0.15) is 10.5 Å². The van der Waals surface area contributed by atoms with Crippen LogP contribution in [0.5, 0.6) is 0 Å². The van der Waals surface area contributed by atoms with E-state index in [1.807, 2.05) is 0 Å². The molecule has 1 atom stereocenters. The van der Waals surface area contributed by atoms with Crippen LogP contribution in [0, 0.1) is 27.4 Å². The second-order valence-electron chi connectivity index (χ2n) is 5.75. The number of nitrogens with zero attached hydrogens (tertiary/aromatic N) is 2. The second-order valence-corrected chi connectivity index (χ2v) is 6.51. The molecule has 0 aliphatic rings. The van der Waals surface area contributed by atoms with Gasteiger partial charge in [0.15, 0.2) is 0 Å². The molecule has 114 valence electrons. The molecule has 0 bridgehead atoms. The maximum atomic E-state index is 9.46. The van der Waals surface area contributed by atoms with Crippen molar-refractivity contribution in [1.29, 1.82) is 10.5 Å². The van der Waals surface area contributed by atoms with Crippen LogP contribution in [0.4, 0.5) is 0 Å². The summed E-state index contributed by atoms with van der Waals surface area (Å²) in [7, 11) is 0. The van der Waals surface area contributed by atoms with E-state index in [0.717, 1.165) is 25.7 Å². The van der Waals surface area contributed by atoms with Gasteiger partial charge in [-0.15, -0.1) is 0 Å². The van der Waals surface area contributed by atoms with Crippen molar-refractivity contribution in [3.05, 3.63) is 0 Å². The van der Waals surface area contributed by atoms with Gasteiger partial charge in [-0.05, 0) is 24.6 Å². The van der Waals surface area contributed by atoms with Crippen LogP contribution < -0.4 is 0 Å². The zero-order chi connectivity index (χ0) is 15.1. The number of rotatable bonds is 13. The first-order chi connectivity index (χ1) is 9.74. The Labute approximate surface area is 129 Å². The highest BCUT2D eigenvalue weighted by molar-refractivity contribution is 8.03. The van der Waals surface area contributed by atoms with E-state index >= 15 is 0 Å². The standard InChI is InChI=1S/C17H30N2S/c1-3-5-6-7-8-9-10-11-13-17(14-18,12-4-2)15-20-16-19/h3-13,15H2,1-2H3. The van der Waals surface area contributed by atoms with Crippen molar-refractivity contribution in [3.8, 4) is 11.5 Å². The van der Waals surface area contributed by atoms with E-state index in [1.54, 1.807) is 0 Å². The summed E-state index contributed by atoms with van der Waals surface area (Å²) < 4.78 is 0. The normalized spacial score (nSPS) is 13.4. The van der Waals surface area contributed by atoms with Crippen LogP contribution in [0.3, 0.4) is 0 Å². The molecule has 2 nitrogen and oxygen atoms in total. The number of unbranched alkanes of at least 4 members (excludes halogenated alkanes) is 7. The van der Waals surface area contributed by atoms with Gasteiger partial charge >= 0.3 is 0 Å². The molecule has 0 saturated heterocycles. The lowest BCUT2D eigenvalue weighted by Crippen LogP contribution is -2.21. The molecule has 0 fully saturated rings. The van der Waals surface area contributed by atoms with Crippen LogP contribution >= 0.6 is 11.8 Å². The molecule has 20 heavy (non-hydrogen) atoms. The van der Waals surface area contributed by atoms with Gasteiger partial charge in [0.05, 0.1) is 11.5 Å². The average molecular weight is 295 g/mol. The largest absolute Gasteiger partial charge is 0.198 e. The van der Waals surface area contributed by atoms with E-state index in [0.29, 0.717) is 5.75 Å². The molecule has 0 heterocycles. The van der Waals surface area contributed by atoms with Crippen molar-refractivity contribution in [2.45, 2.75) is 84.5 Å². The highest BCUT2D eigenvalue weighted by Crippen LogP contribution is 2.33. The third kappa shape index (κ3) is 9.27. The lowest BCUT2D eigenvalue weighted by atomic mass is 9.82. The molecule has 0 aliphatic carbocycles. The molecule has 0 aliphatic heterocycles. The molecule has 0 aromatic rings. The van der Waals surface area contributed by atoms with E-state index in [-0.39, 0.29) is 5.41 Å². The summed E-state index contributed by atoms with van der Waals surface area (Å²) in [5.74, 6) is 0.671. The summed E-state index contributed by atoms with van der Waals surface area (Å²) in [6, 6.07) is 2.50. The van der Waals surface area contributed by atoms with Crippen LogP contribution in [-0.2, 0) is 0 Å². The van der Waals surface area contributed by atoms with E-state index in [4.69, 9.17) is 5.26 Å². The van der Waals surface area contributed by atoms with Crippen molar-refractivity contribution >= 4 is 11.8 Å². The van der Waals surface area contributed by atoms with Gasteiger partial charge in [-0.1, -0.05) is 71.6 Å². The molecule has 0 spiro atoms. The van der Waals surface area contributed by atoms with Gasteiger partial charge in [0.25, 0.3) is 0 Å². The van der Waals surface area contributed by atoms with Crippen LogP contribution in [0.25, 0.3) is 0 Å². The molecule has 1 unspecified atom stereocenters. The van der Waals surface area contributed by atoms with Gasteiger partial charge in [-0.25, -0.2) is 0 Å². The van der Waals surface area contributed by atoms with Crippen LogP contribution in [-0.4, -0.2) is 5.75 Å². The first-order valence-corrected chi connectivity index (χ1v) is 9.15.